The lowest BCUT2D eigenvalue weighted by atomic mass is 10.0. The van der Waals surface area contributed by atoms with Gasteiger partial charge < -0.3 is 15.4 Å². The molecule has 0 saturated heterocycles. The van der Waals surface area contributed by atoms with Crippen LogP contribution in [0.1, 0.15) is 36.1 Å². The van der Waals surface area contributed by atoms with Crippen molar-refractivity contribution >= 4 is 5.91 Å². The van der Waals surface area contributed by atoms with Crippen molar-refractivity contribution in [3.63, 3.8) is 0 Å². The second-order valence-electron chi connectivity index (χ2n) is 5.90. The average molecular weight is 332 g/mol. The fourth-order valence-corrected chi connectivity index (χ4v) is 2.99. The molecule has 24 heavy (non-hydrogen) atoms. The standard InChI is InChI=1S/C17H21FN4O2/c1-19-16(11-9-20-22(2)10-11)17(23)21-14-4-3-7-24-15-6-5-12(18)8-13(14)15/h5-6,8-10,14,16,19H,3-4,7H2,1-2H3,(H,21,23). The minimum atomic E-state index is -0.514. The van der Waals surface area contributed by atoms with Gasteiger partial charge in [0.2, 0.25) is 5.91 Å². The highest BCUT2D eigenvalue weighted by Gasteiger charge is 2.26. The van der Waals surface area contributed by atoms with Crippen molar-refractivity contribution in [2.24, 2.45) is 7.05 Å². The van der Waals surface area contributed by atoms with Crippen LogP contribution in [0, 0.1) is 5.82 Å². The van der Waals surface area contributed by atoms with Crippen LogP contribution in [0.2, 0.25) is 0 Å². The molecule has 2 heterocycles. The minimum absolute atomic E-state index is 0.174. The third kappa shape index (κ3) is 3.41. The molecule has 2 N–H and O–H groups in total. The molecule has 1 aliphatic rings. The maximum absolute atomic E-state index is 13.6. The van der Waals surface area contributed by atoms with E-state index < -0.39 is 6.04 Å². The number of aryl methyl sites for hydroxylation is 1. The molecule has 1 aliphatic heterocycles. The molecule has 0 saturated carbocycles. The summed E-state index contributed by atoms with van der Waals surface area (Å²) in [5, 5.41) is 10.1. The Morgan fingerprint density at radius 1 is 1.50 bits per heavy atom. The van der Waals surface area contributed by atoms with Crippen LogP contribution in [0.15, 0.2) is 30.6 Å². The molecule has 2 unspecified atom stereocenters. The maximum atomic E-state index is 13.6. The molecular formula is C17H21FN4O2. The largest absolute Gasteiger partial charge is 0.493 e. The van der Waals surface area contributed by atoms with Crippen LogP contribution in [-0.4, -0.2) is 29.3 Å². The highest BCUT2D eigenvalue weighted by atomic mass is 19.1. The number of aromatic nitrogens is 2. The van der Waals surface area contributed by atoms with Crippen molar-refractivity contribution in [1.29, 1.82) is 0 Å². The minimum Gasteiger partial charge on any atom is -0.493 e. The van der Waals surface area contributed by atoms with E-state index in [-0.39, 0.29) is 17.8 Å². The first-order valence-corrected chi connectivity index (χ1v) is 7.97. The Bertz CT molecular complexity index is 731. The number of nitrogens with one attached hydrogen (secondary N) is 2. The summed E-state index contributed by atoms with van der Waals surface area (Å²) in [6, 6.07) is 3.63. The molecule has 3 rings (SSSR count). The van der Waals surface area contributed by atoms with Gasteiger partial charge in [-0.25, -0.2) is 4.39 Å². The van der Waals surface area contributed by atoms with Crippen molar-refractivity contribution in [3.05, 3.63) is 47.5 Å². The van der Waals surface area contributed by atoms with Gasteiger partial charge in [0.1, 0.15) is 17.6 Å². The normalized spacial score (nSPS) is 18.2. The van der Waals surface area contributed by atoms with E-state index in [1.165, 1.54) is 12.1 Å². The number of fused-ring (bicyclic) bond motifs is 1. The van der Waals surface area contributed by atoms with Gasteiger partial charge in [-0.2, -0.15) is 5.10 Å². The quantitative estimate of drug-likeness (QED) is 0.897. The smallest absolute Gasteiger partial charge is 0.242 e. The van der Waals surface area contributed by atoms with Crippen LogP contribution >= 0.6 is 0 Å². The van der Waals surface area contributed by atoms with Crippen LogP contribution in [-0.2, 0) is 11.8 Å². The molecule has 0 spiro atoms. The van der Waals surface area contributed by atoms with E-state index in [0.717, 1.165) is 12.0 Å². The van der Waals surface area contributed by atoms with Gasteiger partial charge in [-0.1, -0.05) is 0 Å². The molecule has 1 aromatic heterocycles. The first-order valence-electron chi connectivity index (χ1n) is 7.97. The number of hydrogen-bond acceptors (Lipinski definition) is 4. The van der Waals surface area contributed by atoms with Gasteiger partial charge in [-0.15, -0.1) is 0 Å². The van der Waals surface area contributed by atoms with Crippen molar-refractivity contribution in [2.45, 2.75) is 24.9 Å². The Balaban J connectivity index is 1.82. The summed E-state index contributed by atoms with van der Waals surface area (Å²) >= 11 is 0. The number of carbonyl (C=O) groups is 1. The van der Waals surface area contributed by atoms with Gasteiger partial charge in [-0.3, -0.25) is 9.48 Å². The van der Waals surface area contributed by atoms with Crippen LogP contribution in [0.3, 0.4) is 0 Å². The van der Waals surface area contributed by atoms with Gasteiger partial charge in [0.25, 0.3) is 0 Å². The lowest BCUT2D eigenvalue weighted by molar-refractivity contribution is -0.124. The summed E-state index contributed by atoms with van der Waals surface area (Å²) in [5.74, 6) is 0.116. The molecule has 2 atom stereocenters. The molecule has 0 bridgehead atoms. The summed E-state index contributed by atoms with van der Waals surface area (Å²) in [6.45, 7) is 0.559. The summed E-state index contributed by atoms with van der Waals surface area (Å²) in [6.07, 6.45) is 4.94. The van der Waals surface area contributed by atoms with E-state index >= 15 is 0 Å². The third-order valence-electron chi connectivity index (χ3n) is 4.17. The molecule has 0 aliphatic carbocycles. The Labute approximate surface area is 140 Å². The highest BCUT2D eigenvalue weighted by molar-refractivity contribution is 5.83. The van der Waals surface area contributed by atoms with Gasteiger partial charge in [0.05, 0.1) is 18.8 Å². The van der Waals surface area contributed by atoms with E-state index in [1.807, 2.05) is 0 Å². The summed E-state index contributed by atoms with van der Waals surface area (Å²) < 4.78 is 20.9. The Kier molecular flexibility index (Phi) is 4.80. The first kappa shape index (κ1) is 16.4. The first-order chi connectivity index (χ1) is 11.6. The van der Waals surface area contributed by atoms with E-state index in [9.17, 15) is 9.18 Å². The summed E-state index contributed by atoms with van der Waals surface area (Å²) in [4.78, 5) is 12.7. The predicted octanol–water partition coefficient (Wildman–Crippen LogP) is 1.85. The summed E-state index contributed by atoms with van der Waals surface area (Å²) in [7, 11) is 3.52. The molecular weight excluding hydrogens is 311 g/mol. The van der Waals surface area contributed by atoms with Crippen LogP contribution in [0.4, 0.5) is 4.39 Å². The number of amides is 1. The van der Waals surface area contributed by atoms with E-state index in [4.69, 9.17) is 4.74 Å². The second kappa shape index (κ2) is 7.00. The number of carbonyl (C=O) groups excluding carboxylic acids is 1. The Morgan fingerprint density at radius 3 is 3.04 bits per heavy atom. The number of halogens is 1. The van der Waals surface area contributed by atoms with Crippen molar-refractivity contribution in [2.75, 3.05) is 13.7 Å². The molecule has 6 nitrogen and oxygen atoms in total. The SMILES string of the molecule is CNC(C(=O)NC1CCCOc2ccc(F)cc21)c1cnn(C)c1. The Hall–Kier alpha value is -2.41. The van der Waals surface area contributed by atoms with E-state index in [0.29, 0.717) is 24.3 Å². The predicted molar refractivity (Wildman–Crippen MR) is 87.0 cm³/mol. The highest BCUT2D eigenvalue weighted by Crippen LogP contribution is 2.32. The Morgan fingerprint density at radius 2 is 2.33 bits per heavy atom. The number of nitrogens with zero attached hydrogens (tertiary/aromatic N) is 2. The van der Waals surface area contributed by atoms with Crippen molar-refractivity contribution in [1.82, 2.24) is 20.4 Å². The van der Waals surface area contributed by atoms with Crippen LogP contribution in [0.25, 0.3) is 0 Å². The van der Waals surface area contributed by atoms with Gasteiger partial charge in [-0.05, 0) is 38.1 Å². The monoisotopic (exact) mass is 332 g/mol. The fraction of sp³-hybridized carbons (Fsp3) is 0.412. The molecule has 0 radical (unpaired) electrons. The zero-order valence-corrected chi connectivity index (χ0v) is 13.8. The number of rotatable bonds is 4. The number of likely N-dealkylation sites (N-methyl/N-ethyl adjacent to an activating group) is 1. The molecule has 7 heteroatoms. The topological polar surface area (TPSA) is 68.2 Å². The fourth-order valence-electron chi connectivity index (χ4n) is 2.99. The molecule has 128 valence electrons. The third-order valence-corrected chi connectivity index (χ3v) is 4.17. The molecule has 2 aromatic rings. The van der Waals surface area contributed by atoms with Crippen LogP contribution in [0.5, 0.6) is 5.75 Å². The molecule has 1 amide bonds. The molecule has 1 aromatic carbocycles. The van der Waals surface area contributed by atoms with Crippen molar-refractivity contribution in [3.8, 4) is 5.75 Å². The second-order valence-corrected chi connectivity index (χ2v) is 5.90. The molecule has 0 fully saturated rings. The lowest BCUT2D eigenvalue weighted by Crippen LogP contribution is -2.38. The van der Waals surface area contributed by atoms with E-state index in [2.05, 4.69) is 15.7 Å². The zero-order chi connectivity index (χ0) is 17.1. The number of ether oxygens (including phenoxy) is 1. The van der Waals surface area contributed by atoms with Crippen LogP contribution < -0.4 is 15.4 Å². The van der Waals surface area contributed by atoms with Gasteiger partial charge in [0, 0.05) is 24.4 Å². The zero-order valence-electron chi connectivity index (χ0n) is 13.8. The number of benzene rings is 1. The number of hydrogen-bond donors (Lipinski definition) is 2. The lowest BCUT2D eigenvalue weighted by Gasteiger charge is -2.22. The maximum Gasteiger partial charge on any atom is 0.242 e. The van der Waals surface area contributed by atoms with Gasteiger partial charge >= 0.3 is 0 Å². The summed E-state index contributed by atoms with van der Waals surface area (Å²) in [5.41, 5.74) is 1.46. The van der Waals surface area contributed by atoms with Crippen molar-refractivity contribution < 1.29 is 13.9 Å². The van der Waals surface area contributed by atoms with E-state index in [1.54, 1.807) is 37.2 Å². The van der Waals surface area contributed by atoms with Gasteiger partial charge in [0.15, 0.2) is 0 Å². The average Bonchev–Trinajstić information content (AvgIpc) is 2.88.